The molecule has 0 aliphatic carbocycles. The smallest absolute Gasteiger partial charge is 0.331 e. The lowest BCUT2D eigenvalue weighted by atomic mass is 10.0. The van der Waals surface area contributed by atoms with Gasteiger partial charge in [-0.05, 0) is 67.0 Å². The van der Waals surface area contributed by atoms with Crippen molar-refractivity contribution in [1.82, 2.24) is 0 Å². The summed E-state index contributed by atoms with van der Waals surface area (Å²) in [5, 5.41) is 0. The number of hydrogen-bond acceptors (Lipinski definition) is 7. The standard InChI is InChI=1S/C30H48O7/c1-9-10-20-35-28(3,4)17-21-33-26(31)15-16-27(32)34-22-18-29(5,6)36-23-19-30(7,8)37-25-13-11-24(2)12-14-25/h11-16H,9-10,17-23H2,1-8H3/b16-15+. The van der Waals surface area contributed by atoms with E-state index in [-0.39, 0.29) is 24.4 Å². The van der Waals surface area contributed by atoms with Crippen LogP contribution >= 0.6 is 0 Å². The van der Waals surface area contributed by atoms with Gasteiger partial charge in [0, 0.05) is 38.0 Å². The molecule has 0 atom stereocenters. The Morgan fingerprint density at radius 3 is 1.65 bits per heavy atom. The van der Waals surface area contributed by atoms with Crippen LogP contribution in [0.3, 0.4) is 0 Å². The Bertz CT molecular complexity index is 838. The first kappa shape index (κ1) is 32.6. The second kappa shape index (κ2) is 15.8. The Morgan fingerprint density at radius 2 is 1.16 bits per heavy atom. The van der Waals surface area contributed by atoms with Gasteiger partial charge in [-0.25, -0.2) is 9.59 Å². The molecule has 0 bridgehead atoms. The van der Waals surface area contributed by atoms with E-state index in [1.54, 1.807) is 0 Å². The molecule has 1 rings (SSSR count). The topological polar surface area (TPSA) is 80.3 Å². The van der Waals surface area contributed by atoms with Crippen LogP contribution in [-0.2, 0) is 28.5 Å². The molecule has 0 saturated heterocycles. The lowest BCUT2D eigenvalue weighted by Gasteiger charge is -2.30. The predicted octanol–water partition coefficient (Wildman–Crippen LogP) is 6.36. The molecule has 210 valence electrons. The molecule has 0 spiro atoms. The van der Waals surface area contributed by atoms with Crippen molar-refractivity contribution in [3.05, 3.63) is 42.0 Å². The third-order valence-electron chi connectivity index (χ3n) is 5.86. The Morgan fingerprint density at radius 1 is 0.703 bits per heavy atom. The van der Waals surface area contributed by atoms with E-state index in [4.69, 9.17) is 23.7 Å². The Balaban J connectivity index is 2.26. The highest BCUT2D eigenvalue weighted by molar-refractivity contribution is 5.91. The van der Waals surface area contributed by atoms with E-state index >= 15 is 0 Å². The zero-order valence-corrected chi connectivity index (χ0v) is 24.2. The summed E-state index contributed by atoms with van der Waals surface area (Å²) in [7, 11) is 0. The monoisotopic (exact) mass is 520 g/mol. The second-order valence-corrected chi connectivity index (χ2v) is 11.2. The number of esters is 2. The van der Waals surface area contributed by atoms with E-state index in [1.807, 2.05) is 72.7 Å². The van der Waals surface area contributed by atoms with Gasteiger partial charge in [0.25, 0.3) is 0 Å². The molecule has 0 aliphatic heterocycles. The van der Waals surface area contributed by atoms with Gasteiger partial charge in [-0.3, -0.25) is 0 Å². The van der Waals surface area contributed by atoms with Crippen LogP contribution in [0.1, 0.15) is 86.1 Å². The lowest BCUT2D eigenvalue weighted by molar-refractivity contribution is -0.142. The summed E-state index contributed by atoms with van der Waals surface area (Å²) in [5.74, 6) is -0.344. The predicted molar refractivity (Wildman–Crippen MR) is 146 cm³/mol. The molecule has 1 aromatic carbocycles. The highest BCUT2D eigenvalue weighted by Gasteiger charge is 2.24. The number of rotatable bonds is 18. The van der Waals surface area contributed by atoms with Gasteiger partial charge >= 0.3 is 11.9 Å². The van der Waals surface area contributed by atoms with Crippen molar-refractivity contribution in [3.8, 4) is 5.75 Å². The summed E-state index contributed by atoms with van der Waals surface area (Å²) in [6.45, 7) is 17.6. The molecule has 7 heteroatoms. The molecule has 0 saturated carbocycles. The molecular formula is C30H48O7. The lowest BCUT2D eigenvalue weighted by Crippen LogP contribution is -2.33. The first-order valence-electron chi connectivity index (χ1n) is 13.3. The number of carbonyl (C=O) groups excluding carboxylic acids is 2. The zero-order chi connectivity index (χ0) is 28.0. The molecule has 0 radical (unpaired) electrons. The highest BCUT2D eigenvalue weighted by Crippen LogP contribution is 2.23. The number of carbonyl (C=O) groups is 2. The van der Waals surface area contributed by atoms with E-state index in [9.17, 15) is 9.59 Å². The SMILES string of the molecule is CCCCOC(C)(C)CCOC(=O)/C=C/C(=O)OCCC(C)(C)OCCC(C)(C)Oc1ccc(C)cc1. The van der Waals surface area contributed by atoms with Crippen molar-refractivity contribution >= 4 is 11.9 Å². The van der Waals surface area contributed by atoms with Gasteiger partial charge in [-0.15, -0.1) is 0 Å². The molecule has 0 aromatic heterocycles. The molecule has 1 aromatic rings. The van der Waals surface area contributed by atoms with Gasteiger partial charge in [-0.2, -0.15) is 0 Å². The van der Waals surface area contributed by atoms with E-state index in [2.05, 4.69) is 6.92 Å². The quantitative estimate of drug-likeness (QED) is 0.127. The summed E-state index contributed by atoms with van der Waals surface area (Å²) in [6.07, 6.45) is 6.04. The van der Waals surface area contributed by atoms with Crippen LogP contribution < -0.4 is 4.74 Å². The minimum atomic E-state index is -0.594. The summed E-state index contributed by atoms with van der Waals surface area (Å²) >= 11 is 0. The molecule has 0 unspecified atom stereocenters. The van der Waals surface area contributed by atoms with Crippen molar-refractivity contribution in [2.75, 3.05) is 26.4 Å². The van der Waals surface area contributed by atoms with E-state index in [1.165, 1.54) is 5.56 Å². The van der Waals surface area contributed by atoms with Gasteiger partial charge in [0.15, 0.2) is 0 Å². The van der Waals surface area contributed by atoms with Gasteiger partial charge in [0.1, 0.15) is 11.4 Å². The average Bonchev–Trinajstić information content (AvgIpc) is 2.78. The van der Waals surface area contributed by atoms with Crippen molar-refractivity contribution in [2.45, 2.75) is 104 Å². The van der Waals surface area contributed by atoms with Crippen LogP contribution in [-0.4, -0.2) is 55.2 Å². The van der Waals surface area contributed by atoms with Crippen molar-refractivity contribution in [1.29, 1.82) is 0 Å². The third-order valence-corrected chi connectivity index (χ3v) is 5.86. The van der Waals surface area contributed by atoms with Crippen molar-refractivity contribution < 1.29 is 33.3 Å². The first-order valence-corrected chi connectivity index (χ1v) is 13.3. The largest absolute Gasteiger partial charge is 0.488 e. The fraction of sp³-hybridized carbons (Fsp3) is 0.667. The zero-order valence-electron chi connectivity index (χ0n) is 24.2. The summed E-state index contributed by atoms with van der Waals surface area (Å²) in [6, 6.07) is 7.99. The fourth-order valence-corrected chi connectivity index (χ4v) is 3.21. The van der Waals surface area contributed by atoms with E-state index in [0.29, 0.717) is 32.5 Å². The van der Waals surface area contributed by atoms with E-state index < -0.39 is 17.5 Å². The van der Waals surface area contributed by atoms with Crippen LogP contribution in [0.2, 0.25) is 0 Å². The van der Waals surface area contributed by atoms with Crippen LogP contribution in [0.4, 0.5) is 0 Å². The summed E-state index contributed by atoms with van der Waals surface area (Å²) < 4.78 is 28.3. The summed E-state index contributed by atoms with van der Waals surface area (Å²) in [4.78, 5) is 23.8. The molecule has 0 fully saturated rings. The number of hydrogen-bond donors (Lipinski definition) is 0. The van der Waals surface area contributed by atoms with Crippen LogP contribution in [0.5, 0.6) is 5.75 Å². The van der Waals surface area contributed by atoms with Crippen molar-refractivity contribution in [3.63, 3.8) is 0 Å². The minimum Gasteiger partial charge on any atom is -0.488 e. The third kappa shape index (κ3) is 16.2. The summed E-state index contributed by atoms with van der Waals surface area (Å²) in [5.41, 5.74) is -0.0321. The molecule has 0 N–H and O–H groups in total. The molecule has 37 heavy (non-hydrogen) atoms. The highest BCUT2D eigenvalue weighted by atomic mass is 16.5. The van der Waals surface area contributed by atoms with Crippen LogP contribution in [0.25, 0.3) is 0 Å². The molecule has 0 aliphatic rings. The maximum Gasteiger partial charge on any atom is 0.331 e. The number of benzene rings is 1. The first-order chi connectivity index (χ1) is 17.2. The molecule has 0 heterocycles. The average molecular weight is 521 g/mol. The molecule has 7 nitrogen and oxygen atoms in total. The van der Waals surface area contributed by atoms with Crippen LogP contribution in [0, 0.1) is 6.92 Å². The Labute approximate surface area is 223 Å². The Kier molecular flexibility index (Phi) is 13.9. The number of ether oxygens (including phenoxy) is 5. The normalized spacial score (nSPS) is 12.5. The van der Waals surface area contributed by atoms with E-state index in [0.717, 1.165) is 30.7 Å². The second-order valence-electron chi connectivity index (χ2n) is 11.2. The number of aryl methyl sites for hydroxylation is 1. The molecular weight excluding hydrogens is 472 g/mol. The maximum atomic E-state index is 12.0. The maximum absolute atomic E-state index is 12.0. The number of unbranched alkanes of at least 4 members (excludes halogenated alkanes) is 1. The van der Waals surface area contributed by atoms with Gasteiger partial charge in [0.2, 0.25) is 0 Å². The Hall–Kier alpha value is -2.38. The van der Waals surface area contributed by atoms with Gasteiger partial charge in [-0.1, -0.05) is 31.0 Å². The minimum absolute atomic E-state index is 0.178. The molecule has 0 amide bonds. The van der Waals surface area contributed by atoms with Gasteiger partial charge < -0.3 is 23.7 Å². The van der Waals surface area contributed by atoms with Crippen molar-refractivity contribution in [2.24, 2.45) is 0 Å². The van der Waals surface area contributed by atoms with Gasteiger partial charge in [0.05, 0.1) is 31.0 Å². The van der Waals surface area contributed by atoms with Crippen LogP contribution in [0.15, 0.2) is 36.4 Å². The fourth-order valence-electron chi connectivity index (χ4n) is 3.21.